The van der Waals surface area contributed by atoms with Gasteiger partial charge in [-0.25, -0.2) is 0 Å². The van der Waals surface area contributed by atoms with Crippen molar-refractivity contribution in [2.75, 3.05) is 5.32 Å². The Balaban J connectivity index is 1.90. The smallest absolute Gasteiger partial charge is 0.255 e. The molecule has 0 saturated carbocycles. The average molecular weight is 285 g/mol. The fraction of sp³-hybridized carbons (Fsp3) is 0.0625. The molecule has 0 spiro atoms. The van der Waals surface area contributed by atoms with Crippen molar-refractivity contribution in [2.24, 2.45) is 0 Å². The first-order valence-electron chi connectivity index (χ1n) is 6.28. The molecule has 0 saturated heterocycles. The van der Waals surface area contributed by atoms with Crippen LogP contribution in [0.15, 0.2) is 48.7 Å². The third-order valence-corrected chi connectivity index (χ3v) is 3.50. The van der Waals surface area contributed by atoms with Crippen LogP contribution in [-0.2, 0) is 0 Å². The largest absolute Gasteiger partial charge is 0.361 e. The molecule has 0 atom stereocenters. The molecule has 0 aliphatic carbocycles. The molecule has 0 aliphatic rings. The number of aryl methyl sites for hydroxylation is 1. The number of carbonyl (C=O) groups excluding carboxylic acids is 1. The molecule has 0 fully saturated rings. The molecule has 20 heavy (non-hydrogen) atoms. The first-order chi connectivity index (χ1) is 9.63. The van der Waals surface area contributed by atoms with Gasteiger partial charge in [0, 0.05) is 33.4 Å². The van der Waals surface area contributed by atoms with E-state index in [1.165, 1.54) is 0 Å². The Morgan fingerprint density at radius 3 is 2.85 bits per heavy atom. The van der Waals surface area contributed by atoms with Crippen LogP contribution < -0.4 is 5.32 Å². The molecule has 3 rings (SSSR count). The predicted molar refractivity (Wildman–Crippen MR) is 82.4 cm³/mol. The lowest BCUT2D eigenvalue weighted by atomic mass is 10.1. The van der Waals surface area contributed by atoms with E-state index in [1.807, 2.05) is 37.4 Å². The molecule has 0 unspecified atom stereocenters. The van der Waals surface area contributed by atoms with Crippen LogP contribution in [-0.4, -0.2) is 10.9 Å². The van der Waals surface area contributed by atoms with Crippen molar-refractivity contribution in [1.82, 2.24) is 4.98 Å². The Morgan fingerprint density at radius 2 is 2.00 bits per heavy atom. The average Bonchev–Trinajstić information content (AvgIpc) is 2.90. The highest BCUT2D eigenvalue weighted by atomic mass is 35.5. The molecule has 1 amide bonds. The van der Waals surface area contributed by atoms with E-state index in [4.69, 9.17) is 11.6 Å². The van der Waals surface area contributed by atoms with Gasteiger partial charge in [-0.2, -0.15) is 0 Å². The van der Waals surface area contributed by atoms with E-state index < -0.39 is 0 Å². The van der Waals surface area contributed by atoms with Crippen molar-refractivity contribution < 1.29 is 4.79 Å². The Labute approximate surface area is 121 Å². The van der Waals surface area contributed by atoms with Crippen LogP contribution in [0.1, 0.15) is 15.9 Å². The highest BCUT2D eigenvalue weighted by Gasteiger charge is 2.09. The van der Waals surface area contributed by atoms with E-state index in [1.54, 1.807) is 18.2 Å². The SMILES string of the molecule is Cc1ccc(Cl)cc1NC(=O)c1ccc2[nH]ccc2c1. The Kier molecular flexibility index (Phi) is 3.20. The summed E-state index contributed by atoms with van der Waals surface area (Å²) in [4.78, 5) is 15.4. The number of carbonyl (C=O) groups is 1. The van der Waals surface area contributed by atoms with Crippen molar-refractivity contribution in [2.45, 2.75) is 6.92 Å². The van der Waals surface area contributed by atoms with Crippen LogP contribution in [0.4, 0.5) is 5.69 Å². The van der Waals surface area contributed by atoms with Gasteiger partial charge in [-0.1, -0.05) is 17.7 Å². The quantitative estimate of drug-likeness (QED) is 0.720. The van der Waals surface area contributed by atoms with Crippen molar-refractivity contribution in [3.8, 4) is 0 Å². The summed E-state index contributed by atoms with van der Waals surface area (Å²) >= 11 is 5.95. The predicted octanol–water partition coefficient (Wildman–Crippen LogP) is 4.38. The summed E-state index contributed by atoms with van der Waals surface area (Å²) in [5, 5.41) is 4.51. The Morgan fingerprint density at radius 1 is 1.15 bits per heavy atom. The molecule has 3 nitrogen and oxygen atoms in total. The fourth-order valence-corrected chi connectivity index (χ4v) is 2.29. The molecule has 100 valence electrons. The van der Waals surface area contributed by atoms with E-state index in [0.29, 0.717) is 10.6 Å². The maximum atomic E-state index is 12.3. The van der Waals surface area contributed by atoms with Crippen molar-refractivity contribution in [3.05, 3.63) is 64.8 Å². The molecule has 1 aromatic heterocycles. The first kappa shape index (κ1) is 12.8. The summed E-state index contributed by atoms with van der Waals surface area (Å²) < 4.78 is 0. The van der Waals surface area contributed by atoms with Gasteiger partial charge in [0.15, 0.2) is 0 Å². The second kappa shape index (κ2) is 5.02. The zero-order chi connectivity index (χ0) is 14.1. The number of benzene rings is 2. The van der Waals surface area contributed by atoms with Crippen LogP contribution in [0.2, 0.25) is 5.02 Å². The van der Waals surface area contributed by atoms with E-state index in [0.717, 1.165) is 22.2 Å². The second-order valence-electron chi connectivity index (χ2n) is 4.69. The number of aromatic amines is 1. The monoisotopic (exact) mass is 284 g/mol. The summed E-state index contributed by atoms with van der Waals surface area (Å²) in [7, 11) is 0. The number of hydrogen-bond donors (Lipinski definition) is 2. The van der Waals surface area contributed by atoms with Gasteiger partial charge in [0.25, 0.3) is 5.91 Å². The summed E-state index contributed by atoms with van der Waals surface area (Å²) in [6, 6.07) is 12.9. The third kappa shape index (κ3) is 2.40. The van der Waals surface area contributed by atoms with Gasteiger partial charge in [-0.3, -0.25) is 4.79 Å². The molecule has 4 heteroatoms. The zero-order valence-corrected chi connectivity index (χ0v) is 11.7. The number of amides is 1. The van der Waals surface area contributed by atoms with Gasteiger partial charge in [-0.15, -0.1) is 0 Å². The minimum absolute atomic E-state index is 0.140. The van der Waals surface area contributed by atoms with E-state index in [-0.39, 0.29) is 5.91 Å². The number of rotatable bonds is 2. The number of aromatic nitrogens is 1. The number of fused-ring (bicyclic) bond motifs is 1. The minimum Gasteiger partial charge on any atom is -0.361 e. The lowest BCUT2D eigenvalue weighted by Gasteiger charge is -2.09. The number of anilines is 1. The van der Waals surface area contributed by atoms with Crippen LogP contribution >= 0.6 is 11.6 Å². The van der Waals surface area contributed by atoms with Gasteiger partial charge in [0.2, 0.25) is 0 Å². The first-order valence-corrected chi connectivity index (χ1v) is 6.66. The Hall–Kier alpha value is -2.26. The van der Waals surface area contributed by atoms with E-state index >= 15 is 0 Å². The standard InChI is InChI=1S/C16H13ClN2O/c1-10-2-4-13(17)9-15(10)19-16(20)12-3-5-14-11(8-12)6-7-18-14/h2-9,18H,1H3,(H,19,20). The molecule has 2 N–H and O–H groups in total. The summed E-state index contributed by atoms with van der Waals surface area (Å²) in [5.74, 6) is -0.140. The highest BCUT2D eigenvalue weighted by Crippen LogP contribution is 2.21. The fourth-order valence-electron chi connectivity index (χ4n) is 2.12. The van der Waals surface area contributed by atoms with Crippen LogP contribution in [0.25, 0.3) is 10.9 Å². The number of halogens is 1. The maximum Gasteiger partial charge on any atom is 0.255 e. The minimum atomic E-state index is -0.140. The van der Waals surface area contributed by atoms with Gasteiger partial charge in [0.1, 0.15) is 0 Å². The number of H-pyrrole nitrogens is 1. The van der Waals surface area contributed by atoms with Gasteiger partial charge in [-0.05, 0) is 48.9 Å². The van der Waals surface area contributed by atoms with E-state index in [2.05, 4.69) is 10.3 Å². The topological polar surface area (TPSA) is 44.9 Å². The van der Waals surface area contributed by atoms with Crippen molar-refractivity contribution in [3.63, 3.8) is 0 Å². The molecule has 0 bridgehead atoms. The maximum absolute atomic E-state index is 12.3. The highest BCUT2D eigenvalue weighted by molar-refractivity contribution is 6.31. The van der Waals surface area contributed by atoms with Gasteiger partial charge < -0.3 is 10.3 Å². The molecule has 1 heterocycles. The molecule has 2 aromatic carbocycles. The number of hydrogen-bond acceptors (Lipinski definition) is 1. The normalized spacial score (nSPS) is 10.7. The van der Waals surface area contributed by atoms with Crippen LogP contribution in [0.3, 0.4) is 0 Å². The number of nitrogens with one attached hydrogen (secondary N) is 2. The van der Waals surface area contributed by atoms with Gasteiger partial charge >= 0.3 is 0 Å². The summed E-state index contributed by atoms with van der Waals surface area (Å²) in [5.41, 5.74) is 3.35. The van der Waals surface area contributed by atoms with Crippen molar-refractivity contribution >= 4 is 34.1 Å². The molecule has 0 radical (unpaired) electrons. The molecular formula is C16H13ClN2O. The van der Waals surface area contributed by atoms with Gasteiger partial charge in [0.05, 0.1) is 0 Å². The Bertz CT molecular complexity index is 792. The van der Waals surface area contributed by atoms with Crippen molar-refractivity contribution in [1.29, 1.82) is 0 Å². The van der Waals surface area contributed by atoms with Crippen LogP contribution in [0, 0.1) is 6.92 Å². The van der Waals surface area contributed by atoms with E-state index in [9.17, 15) is 4.79 Å². The lowest BCUT2D eigenvalue weighted by molar-refractivity contribution is 0.102. The molecule has 3 aromatic rings. The second-order valence-corrected chi connectivity index (χ2v) is 5.13. The lowest BCUT2D eigenvalue weighted by Crippen LogP contribution is -2.12. The van der Waals surface area contributed by atoms with Crippen LogP contribution in [0.5, 0.6) is 0 Å². The third-order valence-electron chi connectivity index (χ3n) is 3.26. The summed E-state index contributed by atoms with van der Waals surface area (Å²) in [6.07, 6.45) is 1.85. The summed E-state index contributed by atoms with van der Waals surface area (Å²) in [6.45, 7) is 1.93. The molecule has 0 aliphatic heterocycles. The molecular weight excluding hydrogens is 272 g/mol. The zero-order valence-electron chi connectivity index (χ0n) is 10.9.